The van der Waals surface area contributed by atoms with Gasteiger partial charge in [0.05, 0.1) is 0 Å². The quantitative estimate of drug-likeness (QED) is 0.570. The first kappa shape index (κ1) is 9.44. The van der Waals surface area contributed by atoms with Crippen molar-refractivity contribution in [1.29, 1.82) is 0 Å². The van der Waals surface area contributed by atoms with Crippen molar-refractivity contribution in [3.05, 3.63) is 0 Å². The van der Waals surface area contributed by atoms with Crippen LogP contribution in [0.15, 0.2) is 0 Å². The van der Waals surface area contributed by atoms with Crippen LogP contribution in [0.3, 0.4) is 0 Å². The number of hydrogen-bond acceptors (Lipinski definition) is 3. The number of hydrogen-bond donors (Lipinski definition) is 1. The summed E-state index contributed by atoms with van der Waals surface area (Å²) in [6.07, 6.45) is 2.63. The highest BCUT2D eigenvalue weighted by molar-refractivity contribution is 4.98. The molecule has 0 aliphatic carbocycles. The van der Waals surface area contributed by atoms with Gasteiger partial charge in [0, 0.05) is 25.2 Å². The zero-order valence-electron chi connectivity index (χ0n) is 8.84. The molecule has 13 heavy (non-hydrogen) atoms. The zero-order chi connectivity index (χ0) is 9.31. The molecule has 2 fully saturated rings. The van der Waals surface area contributed by atoms with E-state index < -0.39 is 0 Å². The van der Waals surface area contributed by atoms with E-state index in [1.54, 1.807) is 0 Å². The summed E-state index contributed by atoms with van der Waals surface area (Å²) < 4.78 is 0. The molecule has 1 spiro atoms. The standard InChI is InChI=1S/C10H21N3/c1-12-7-8-13(2)10(9-12)3-5-11-6-4-10/h11H,3-9H2,1-2H3. The molecule has 2 saturated heterocycles. The minimum atomic E-state index is 0.484. The van der Waals surface area contributed by atoms with Crippen molar-refractivity contribution < 1.29 is 0 Å². The predicted molar refractivity (Wildman–Crippen MR) is 55.0 cm³/mol. The Labute approximate surface area is 81.1 Å². The molecule has 0 aromatic rings. The molecule has 0 radical (unpaired) electrons. The smallest absolute Gasteiger partial charge is 0.0357 e. The maximum absolute atomic E-state index is 3.45. The molecule has 0 aromatic heterocycles. The number of nitrogens with zero attached hydrogens (tertiary/aromatic N) is 2. The second kappa shape index (κ2) is 3.56. The number of rotatable bonds is 0. The normalized spacial score (nSPS) is 30.9. The summed E-state index contributed by atoms with van der Waals surface area (Å²) >= 11 is 0. The van der Waals surface area contributed by atoms with Crippen LogP contribution in [0.2, 0.25) is 0 Å². The highest BCUT2D eigenvalue weighted by Crippen LogP contribution is 2.28. The summed E-state index contributed by atoms with van der Waals surface area (Å²) in [6, 6.07) is 0. The number of piperidine rings is 1. The van der Waals surface area contributed by atoms with E-state index in [1.807, 2.05) is 0 Å². The fourth-order valence-corrected chi connectivity index (χ4v) is 2.69. The molecule has 0 atom stereocenters. The Kier molecular flexibility index (Phi) is 2.58. The van der Waals surface area contributed by atoms with Gasteiger partial charge in [0.2, 0.25) is 0 Å². The van der Waals surface area contributed by atoms with E-state index in [2.05, 4.69) is 29.2 Å². The Morgan fingerprint density at radius 2 is 1.77 bits per heavy atom. The van der Waals surface area contributed by atoms with Crippen LogP contribution in [-0.4, -0.2) is 62.2 Å². The summed E-state index contributed by atoms with van der Waals surface area (Å²) in [5.41, 5.74) is 0.484. The Hall–Kier alpha value is -0.120. The molecular weight excluding hydrogens is 162 g/mol. The minimum absolute atomic E-state index is 0.484. The van der Waals surface area contributed by atoms with Gasteiger partial charge in [-0.15, -0.1) is 0 Å². The molecule has 0 unspecified atom stereocenters. The minimum Gasteiger partial charge on any atom is -0.317 e. The van der Waals surface area contributed by atoms with Crippen LogP contribution in [0.5, 0.6) is 0 Å². The van der Waals surface area contributed by atoms with Gasteiger partial charge in [0.15, 0.2) is 0 Å². The predicted octanol–water partition coefficient (Wildman–Crippen LogP) is -0.0142. The summed E-state index contributed by atoms with van der Waals surface area (Å²) in [4.78, 5) is 5.05. The summed E-state index contributed by atoms with van der Waals surface area (Å²) in [7, 11) is 4.54. The van der Waals surface area contributed by atoms with E-state index in [9.17, 15) is 0 Å². The third kappa shape index (κ3) is 1.73. The monoisotopic (exact) mass is 183 g/mol. The fraction of sp³-hybridized carbons (Fsp3) is 1.00. The first-order valence-electron chi connectivity index (χ1n) is 5.33. The van der Waals surface area contributed by atoms with Crippen molar-refractivity contribution in [3.8, 4) is 0 Å². The fourth-order valence-electron chi connectivity index (χ4n) is 2.69. The molecular formula is C10H21N3. The average molecular weight is 183 g/mol. The lowest BCUT2D eigenvalue weighted by molar-refractivity contribution is 0.00527. The van der Waals surface area contributed by atoms with Crippen molar-refractivity contribution in [3.63, 3.8) is 0 Å². The molecule has 76 valence electrons. The van der Waals surface area contributed by atoms with Crippen molar-refractivity contribution in [1.82, 2.24) is 15.1 Å². The number of likely N-dealkylation sites (N-methyl/N-ethyl adjacent to an activating group) is 2. The second-order valence-corrected chi connectivity index (χ2v) is 4.63. The molecule has 0 saturated carbocycles. The zero-order valence-corrected chi connectivity index (χ0v) is 8.84. The molecule has 2 aliphatic rings. The number of nitrogens with one attached hydrogen (secondary N) is 1. The van der Waals surface area contributed by atoms with Gasteiger partial charge >= 0.3 is 0 Å². The lowest BCUT2D eigenvalue weighted by Gasteiger charge is -2.50. The topological polar surface area (TPSA) is 18.5 Å². The van der Waals surface area contributed by atoms with E-state index in [1.165, 1.54) is 45.6 Å². The van der Waals surface area contributed by atoms with E-state index in [-0.39, 0.29) is 0 Å². The van der Waals surface area contributed by atoms with Gasteiger partial charge in [-0.1, -0.05) is 0 Å². The lowest BCUT2D eigenvalue weighted by atomic mass is 9.85. The summed E-state index contributed by atoms with van der Waals surface area (Å²) in [5, 5.41) is 3.45. The molecule has 0 bridgehead atoms. The molecule has 0 amide bonds. The van der Waals surface area contributed by atoms with Crippen molar-refractivity contribution >= 4 is 0 Å². The second-order valence-electron chi connectivity index (χ2n) is 4.63. The van der Waals surface area contributed by atoms with Crippen LogP contribution in [-0.2, 0) is 0 Å². The largest absolute Gasteiger partial charge is 0.317 e. The summed E-state index contributed by atoms with van der Waals surface area (Å²) in [5.74, 6) is 0. The third-order valence-corrected chi connectivity index (χ3v) is 3.73. The van der Waals surface area contributed by atoms with E-state index in [0.717, 1.165) is 0 Å². The van der Waals surface area contributed by atoms with Gasteiger partial charge in [-0.3, -0.25) is 4.90 Å². The van der Waals surface area contributed by atoms with Crippen molar-refractivity contribution in [2.24, 2.45) is 0 Å². The molecule has 2 aliphatic heterocycles. The van der Waals surface area contributed by atoms with Gasteiger partial charge in [0.1, 0.15) is 0 Å². The summed E-state index contributed by atoms with van der Waals surface area (Å²) in [6.45, 7) is 6.10. The Balaban J connectivity index is 2.07. The maximum Gasteiger partial charge on any atom is 0.0357 e. The molecule has 2 rings (SSSR count). The van der Waals surface area contributed by atoms with Crippen LogP contribution in [0, 0.1) is 0 Å². The van der Waals surface area contributed by atoms with Crippen LogP contribution < -0.4 is 5.32 Å². The van der Waals surface area contributed by atoms with Crippen LogP contribution >= 0.6 is 0 Å². The van der Waals surface area contributed by atoms with E-state index in [4.69, 9.17) is 0 Å². The number of piperazine rings is 1. The SMILES string of the molecule is CN1CCN(C)C2(CCNCC2)C1. The lowest BCUT2D eigenvalue weighted by Crippen LogP contribution is -2.63. The average Bonchev–Trinajstić information content (AvgIpc) is 2.14. The highest BCUT2D eigenvalue weighted by Gasteiger charge is 2.39. The van der Waals surface area contributed by atoms with Gasteiger partial charge in [-0.2, -0.15) is 0 Å². The Morgan fingerprint density at radius 1 is 1.08 bits per heavy atom. The Morgan fingerprint density at radius 3 is 2.46 bits per heavy atom. The van der Waals surface area contributed by atoms with Crippen molar-refractivity contribution in [2.75, 3.05) is 46.8 Å². The highest BCUT2D eigenvalue weighted by atomic mass is 15.3. The first-order chi connectivity index (χ1) is 6.23. The molecule has 3 nitrogen and oxygen atoms in total. The van der Waals surface area contributed by atoms with Gasteiger partial charge in [0.25, 0.3) is 0 Å². The Bertz CT molecular complexity index is 175. The van der Waals surface area contributed by atoms with Crippen LogP contribution in [0.4, 0.5) is 0 Å². The van der Waals surface area contributed by atoms with Gasteiger partial charge in [-0.05, 0) is 40.0 Å². The molecule has 0 aromatic carbocycles. The molecule has 1 N–H and O–H groups in total. The van der Waals surface area contributed by atoms with Crippen molar-refractivity contribution in [2.45, 2.75) is 18.4 Å². The third-order valence-electron chi connectivity index (χ3n) is 3.73. The first-order valence-corrected chi connectivity index (χ1v) is 5.33. The van der Waals surface area contributed by atoms with E-state index >= 15 is 0 Å². The van der Waals surface area contributed by atoms with Crippen LogP contribution in [0.1, 0.15) is 12.8 Å². The molecule has 3 heteroatoms. The molecule has 2 heterocycles. The van der Waals surface area contributed by atoms with Gasteiger partial charge in [-0.25, -0.2) is 0 Å². The van der Waals surface area contributed by atoms with E-state index in [0.29, 0.717) is 5.54 Å². The van der Waals surface area contributed by atoms with Crippen LogP contribution in [0.25, 0.3) is 0 Å². The van der Waals surface area contributed by atoms with Gasteiger partial charge < -0.3 is 10.2 Å². The maximum atomic E-state index is 3.45.